The molecule has 0 unspecified atom stereocenters. The Morgan fingerprint density at radius 2 is 1.83 bits per heavy atom. The molecule has 1 aliphatic heterocycles. The van der Waals surface area contributed by atoms with Gasteiger partial charge in [-0.25, -0.2) is 4.79 Å². The number of hydrogen-bond donors (Lipinski definition) is 3. The van der Waals surface area contributed by atoms with Gasteiger partial charge in [-0.15, -0.1) is 0 Å². The fourth-order valence-electron chi connectivity index (χ4n) is 4.71. The van der Waals surface area contributed by atoms with Crippen LogP contribution in [-0.2, 0) is 4.79 Å². The first kappa shape index (κ1) is 26.6. The Hall–Kier alpha value is -2.99. The lowest BCUT2D eigenvalue weighted by atomic mass is 9.79. The zero-order chi connectivity index (χ0) is 25.5. The summed E-state index contributed by atoms with van der Waals surface area (Å²) in [5, 5.41) is 18.7. The van der Waals surface area contributed by atoms with Gasteiger partial charge in [0.05, 0.1) is 28.5 Å². The molecule has 0 saturated heterocycles. The van der Waals surface area contributed by atoms with Crippen molar-refractivity contribution in [1.82, 2.24) is 0 Å². The van der Waals surface area contributed by atoms with Crippen molar-refractivity contribution < 1.29 is 23.7 Å². The molecule has 2 aromatic rings. The number of anilines is 2. The molecular formula is C27H34N2O5S. The van der Waals surface area contributed by atoms with Crippen LogP contribution in [0.5, 0.6) is 5.75 Å². The third-order valence-electron chi connectivity index (χ3n) is 6.42. The summed E-state index contributed by atoms with van der Waals surface area (Å²) >= 11 is 0. The van der Waals surface area contributed by atoms with Crippen molar-refractivity contribution in [3.8, 4) is 11.8 Å². The first-order valence-electron chi connectivity index (χ1n) is 12.0. The third-order valence-corrected chi connectivity index (χ3v) is 8.47. The molecule has 188 valence electrons. The van der Waals surface area contributed by atoms with Crippen LogP contribution in [0.25, 0.3) is 0 Å². The first-order chi connectivity index (χ1) is 16.7. The second kappa shape index (κ2) is 11.6. The summed E-state index contributed by atoms with van der Waals surface area (Å²) in [5.74, 6) is -0.868. The van der Waals surface area contributed by atoms with Crippen LogP contribution < -0.4 is 9.64 Å². The normalized spacial score (nSPS) is 17.3. The molecule has 0 saturated carbocycles. The predicted octanol–water partition coefficient (Wildman–Crippen LogP) is 7.16. The number of ether oxygens (including phenoxy) is 1. The highest BCUT2D eigenvalue weighted by atomic mass is 32.3. The van der Waals surface area contributed by atoms with E-state index in [2.05, 4.69) is 24.8 Å². The van der Waals surface area contributed by atoms with E-state index in [-0.39, 0.29) is 22.5 Å². The van der Waals surface area contributed by atoms with Crippen molar-refractivity contribution in [3.05, 3.63) is 60.4 Å². The molecular weight excluding hydrogens is 464 g/mol. The molecule has 8 heteroatoms. The van der Waals surface area contributed by atoms with E-state index in [4.69, 9.17) is 9.84 Å². The minimum atomic E-state index is -3.25. The van der Waals surface area contributed by atoms with Gasteiger partial charge in [0.2, 0.25) is 0 Å². The van der Waals surface area contributed by atoms with Gasteiger partial charge in [0.1, 0.15) is 11.8 Å². The number of carboxylic acid groups (broad SMARTS) is 1. The molecule has 0 aliphatic carbocycles. The minimum absolute atomic E-state index is 0.0892. The molecule has 0 amide bonds. The molecule has 0 atom stereocenters. The Morgan fingerprint density at radius 1 is 1.17 bits per heavy atom. The monoisotopic (exact) mass is 498 g/mol. The van der Waals surface area contributed by atoms with Crippen molar-refractivity contribution in [2.45, 2.75) is 57.3 Å². The molecule has 7 nitrogen and oxygen atoms in total. The molecule has 0 radical (unpaired) electrons. The lowest BCUT2D eigenvalue weighted by molar-refractivity contribution is -0.131. The van der Waals surface area contributed by atoms with Crippen molar-refractivity contribution in [2.75, 3.05) is 17.2 Å². The highest BCUT2D eigenvalue weighted by Gasteiger charge is 2.42. The van der Waals surface area contributed by atoms with Crippen molar-refractivity contribution in [1.29, 1.82) is 5.26 Å². The molecule has 35 heavy (non-hydrogen) atoms. The molecule has 2 aromatic carbocycles. The van der Waals surface area contributed by atoms with E-state index in [1.807, 2.05) is 30.3 Å². The summed E-state index contributed by atoms with van der Waals surface area (Å²) in [5.41, 5.74) is 1.34. The average molecular weight is 499 g/mol. The van der Waals surface area contributed by atoms with E-state index in [0.29, 0.717) is 17.1 Å². The topological polar surface area (TPSA) is 114 Å². The van der Waals surface area contributed by atoms with Gasteiger partial charge in [0.15, 0.2) is 0 Å². The maximum absolute atomic E-state index is 11.6. The number of hydrogen-bond acceptors (Lipinski definition) is 6. The smallest absolute Gasteiger partial charge is 0.331 e. The maximum Gasteiger partial charge on any atom is 0.331 e. The molecule has 0 spiro atoms. The van der Waals surface area contributed by atoms with E-state index in [1.165, 1.54) is 6.07 Å². The van der Waals surface area contributed by atoms with Crippen LogP contribution in [0, 0.1) is 16.7 Å². The van der Waals surface area contributed by atoms with Crippen LogP contribution in [0.15, 0.2) is 59.7 Å². The lowest BCUT2D eigenvalue weighted by Gasteiger charge is -2.42. The van der Waals surface area contributed by atoms with Crippen LogP contribution >= 0.6 is 10.6 Å². The number of carbonyl (C=O) groups is 1. The average Bonchev–Trinajstić information content (AvgIpc) is 2.93. The number of nitriles is 1. The second-order valence-corrected chi connectivity index (χ2v) is 11.2. The Balaban J connectivity index is 2.21. The Labute approximate surface area is 209 Å². The zero-order valence-corrected chi connectivity index (χ0v) is 21.1. The molecule has 0 bridgehead atoms. The van der Waals surface area contributed by atoms with E-state index < -0.39 is 16.6 Å². The number of carboxylic acids is 1. The SMILES string of the molecule is CCCCC1(CCCC)CN(c2ccccc2)c2cc(C#N)c(O/C=C/C(=O)O)cc2S(O)(O)C1. The number of unbranched alkanes of at least 4 members (excludes halogenated alkanes) is 2. The molecule has 3 rings (SSSR count). The number of benzene rings is 2. The van der Waals surface area contributed by atoms with Crippen LogP contribution in [-0.4, -0.2) is 32.5 Å². The Kier molecular flexibility index (Phi) is 8.84. The van der Waals surface area contributed by atoms with Gasteiger partial charge in [0.25, 0.3) is 0 Å². The van der Waals surface area contributed by atoms with Gasteiger partial charge >= 0.3 is 5.97 Å². The molecule has 1 aliphatic rings. The number of para-hydroxylation sites is 1. The Bertz CT molecular complexity index is 1090. The van der Waals surface area contributed by atoms with E-state index in [1.54, 1.807) is 6.07 Å². The first-order valence-corrected chi connectivity index (χ1v) is 13.7. The van der Waals surface area contributed by atoms with Crippen LogP contribution in [0.1, 0.15) is 57.9 Å². The van der Waals surface area contributed by atoms with E-state index in [9.17, 15) is 19.2 Å². The van der Waals surface area contributed by atoms with Gasteiger partial charge < -0.3 is 14.7 Å². The molecule has 1 heterocycles. The summed E-state index contributed by atoms with van der Waals surface area (Å²) < 4.78 is 28.6. The van der Waals surface area contributed by atoms with Crippen LogP contribution in [0.3, 0.4) is 0 Å². The van der Waals surface area contributed by atoms with Crippen LogP contribution in [0.4, 0.5) is 11.4 Å². The van der Waals surface area contributed by atoms with Crippen molar-refractivity contribution in [2.24, 2.45) is 5.41 Å². The van der Waals surface area contributed by atoms with E-state index >= 15 is 0 Å². The van der Waals surface area contributed by atoms with Gasteiger partial charge in [0, 0.05) is 29.5 Å². The number of aliphatic carboxylic acids is 1. The maximum atomic E-state index is 11.6. The number of fused-ring (bicyclic) bond motifs is 1. The fraction of sp³-hybridized carbons (Fsp3) is 0.407. The second-order valence-electron chi connectivity index (χ2n) is 9.13. The summed E-state index contributed by atoms with van der Waals surface area (Å²) in [4.78, 5) is 13.3. The van der Waals surface area contributed by atoms with Crippen molar-refractivity contribution in [3.63, 3.8) is 0 Å². The zero-order valence-electron chi connectivity index (χ0n) is 20.3. The summed E-state index contributed by atoms with van der Waals surface area (Å²) in [6.45, 7) is 4.88. The lowest BCUT2D eigenvalue weighted by Crippen LogP contribution is -2.37. The van der Waals surface area contributed by atoms with Gasteiger partial charge in [-0.05, 0) is 31.0 Å². The highest BCUT2D eigenvalue weighted by molar-refractivity contribution is 8.24. The largest absolute Gasteiger partial charge is 0.478 e. The summed E-state index contributed by atoms with van der Waals surface area (Å²) in [7, 11) is -3.25. The fourth-order valence-corrected chi connectivity index (χ4v) is 6.90. The van der Waals surface area contributed by atoms with Crippen molar-refractivity contribution >= 4 is 27.9 Å². The predicted molar refractivity (Wildman–Crippen MR) is 139 cm³/mol. The standard InChI is InChI=1S/C27H34N2O5S/c1-3-5-13-27(14-6-4-2)19-29(22-10-8-7-9-11-22)23-16-21(18-28)24(34-15-12-26(30)31)17-25(23)35(32,33)20-27/h7-12,15-17,32-33H,3-6,13-14,19-20H2,1-2H3,(H,30,31)/b15-12+. The van der Waals surface area contributed by atoms with Crippen LogP contribution in [0.2, 0.25) is 0 Å². The quantitative estimate of drug-likeness (QED) is 0.235. The third kappa shape index (κ3) is 6.37. The van der Waals surface area contributed by atoms with Gasteiger partial charge in [-0.3, -0.25) is 9.11 Å². The van der Waals surface area contributed by atoms with Gasteiger partial charge in [-0.1, -0.05) is 57.7 Å². The molecule has 0 fully saturated rings. The van der Waals surface area contributed by atoms with E-state index in [0.717, 1.165) is 56.6 Å². The summed E-state index contributed by atoms with van der Waals surface area (Å²) in [6.07, 6.45) is 7.53. The number of rotatable bonds is 10. The highest BCUT2D eigenvalue weighted by Crippen LogP contribution is 2.61. The molecule has 0 aromatic heterocycles. The minimum Gasteiger partial charge on any atom is -0.478 e. The number of nitrogens with zero attached hydrogens (tertiary/aromatic N) is 2. The van der Waals surface area contributed by atoms with Gasteiger partial charge in [-0.2, -0.15) is 15.9 Å². The summed E-state index contributed by atoms with van der Waals surface area (Å²) in [6, 6.07) is 15.0. The molecule has 3 N–H and O–H groups in total. The Morgan fingerprint density at radius 3 is 2.40 bits per heavy atom.